The normalized spacial score (nSPS) is 18.2. The van der Waals surface area contributed by atoms with Crippen LogP contribution in [-0.4, -0.2) is 67.3 Å². The summed E-state index contributed by atoms with van der Waals surface area (Å²) in [6.45, 7) is 13.9. The molecule has 0 aliphatic carbocycles. The van der Waals surface area contributed by atoms with Crippen LogP contribution in [0.2, 0.25) is 0 Å². The van der Waals surface area contributed by atoms with Gasteiger partial charge in [-0.2, -0.15) is 0 Å². The number of aryl methyl sites for hydroxylation is 1. The molecule has 1 saturated heterocycles. The van der Waals surface area contributed by atoms with Crippen molar-refractivity contribution < 1.29 is 19.1 Å². The lowest BCUT2D eigenvalue weighted by atomic mass is 10.1. The molecule has 146 valence electrons. The zero-order valence-corrected chi connectivity index (χ0v) is 16.5. The first kappa shape index (κ1) is 20.5. The van der Waals surface area contributed by atoms with E-state index in [1.807, 2.05) is 0 Å². The fourth-order valence-electron chi connectivity index (χ4n) is 3.37. The molecule has 26 heavy (non-hydrogen) atoms. The number of nitrogens with zero attached hydrogens (tertiary/aromatic N) is 1. The Kier molecular flexibility index (Phi) is 7.23. The molecule has 0 saturated carbocycles. The molecule has 0 bridgehead atoms. The fourth-order valence-corrected chi connectivity index (χ4v) is 3.37. The first-order chi connectivity index (χ1) is 12.3. The average molecular weight is 365 g/mol. The number of ether oxygens (including phenoxy) is 2. The molecule has 1 aliphatic heterocycles. The second kappa shape index (κ2) is 9.19. The van der Waals surface area contributed by atoms with E-state index >= 15 is 0 Å². The number of morpholine rings is 1. The van der Waals surface area contributed by atoms with Crippen molar-refractivity contribution in [2.24, 2.45) is 5.92 Å². The highest BCUT2D eigenvalue weighted by molar-refractivity contribution is 6.00. The van der Waals surface area contributed by atoms with E-state index in [4.69, 9.17) is 9.47 Å². The van der Waals surface area contributed by atoms with Gasteiger partial charge in [0.1, 0.15) is 5.69 Å². The van der Waals surface area contributed by atoms with Crippen molar-refractivity contribution in [2.45, 2.75) is 40.7 Å². The summed E-state index contributed by atoms with van der Waals surface area (Å²) in [5.74, 6) is -0.0299. The molecule has 7 nitrogen and oxygen atoms in total. The minimum Gasteiger partial charge on any atom is -0.462 e. The predicted octanol–water partition coefficient (Wildman–Crippen LogP) is 1.89. The molecule has 0 spiro atoms. The summed E-state index contributed by atoms with van der Waals surface area (Å²) in [7, 11) is 0. The molecule has 0 aromatic carbocycles. The van der Waals surface area contributed by atoms with Gasteiger partial charge in [0.2, 0.25) is 0 Å². The zero-order chi connectivity index (χ0) is 19.3. The van der Waals surface area contributed by atoms with Crippen molar-refractivity contribution in [3.05, 3.63) is 22.5 Å². The van der Waals surface area contributed by atoms with Crippen molar-refractivity contribution in [1.29, 1.82) is 0 Å². The van der Waals surface area contributed by atoms with Gasteiger partial charge in [0.05, 0.1) is 24.9 Å². The lowest BCUT2D eigenvalue weighted by Crippen LogP contribution is -2.48. The van der Waals surface area contributed by atoms with E-state index in [1.165, 1.54) is 0 Å². The Morgan fingerprint density at radius 1 is 1.38 bits per heavy atom. The fraction of sp³-hybridized carbons (Fsp3) is 0.684. The second-order valence-corrected chi connectivity index (χ2v) is 7.20. The maximum Gasteiger partial charge on any atom is 0.340 e. The predicted molar refractivity (Wildman–Crippen MR) is 99.6 cm³/mol. The third-order valence-electron chi connectivity index (χ3n) is 4.48. The Bertz CT molecular complexity index is 639. The molecule has 1 aromatic heterocycles. The topological polar surface area (TPSA) is 83.7 Å². The number of aromatic amines is 1. The van der Waals surface area contributed by atoms with Crippen LogP contribution in [0.4, 0.5) is 0 Å². The van der Waals surface area contributed by atoms with Gasteiger partial charge in [-0.3, -0.25) is 9.69 Å². The van der Waals surface area contributed by atoms with E-state index in [0.717, 1.165) is 19.6 Å². The zero-order valence-electron chi connectivity index (χ0n) is 16.5. The van der Waals surface area contributed by atoms with E-state index in [-0.39, 0.29) is 12.0 Å². The average Bonchev–Trinajstić information content (AvgIpc) is 2.87. The number of aromatic nitrogens is 1. The summed E-state index contributed by atoms with van der Waals surface area (Å²) in [5, 5.41) is 2.92. The summed E-state index contributed by atoms with van der Waals surface area (Å²) in [6.07, 6.45) is -0.0210. The molecular weight excluding hydrogens is 334 g/mol. The molecule has 2 rings (SSSR count). The second-order valence-electron chi connectivity index (χ2n) is 7.20. The third kappa shape index (κ3) is 5.08. The maximum atomic E-state index is 12.5. The highest BCUT2D eigenvalue weighted by Crippen LogP contribution is 2.19. The van der Waals surface area contributed by atoms with E-state index in [0.29, 0.717) is 48.2 Å². The van der Waals surface area contributed by atoms with Crippen LogP contribution in [0.1, 0.15) is 52.9 Å². The highest BCUT2D eigenvalue weighted by Gasteiger charge is 2.25. The molecule has 0 radical (unpaired) electrons. The lowest BCUT2D eigenvalue weighted by molar-refractivity contribution is -0.0295. The number of esters is 1. The Morgan fingerprint density at radius 2 is 2.12 bits per heavy atom. The van der Waals surface area contributed by atoms with Gasteiger partial charge >= 0.3 is 5.97 Å². The number of rotatable bonds is 7. The van der Waals surface area contributed by atoms with Crippen LogP contribution in [0, 0.1) is 19.8 Å². The van der Waals surface area contributed by atoms with Crippen LogP contribution in [0.5, 0.6) is 0 Å². The molecule has 1 unspecified atom stereocenters. The lowest BCUT2D eigenvalue weighted by Gasteiger charge is -2.33. The van der Waals surface area contributed by atoms with Crippen LogP contribution in [0.15, 0.2) is 0 Å². The van der Waals surface area contributed by atoms with Crippen LogP contribution >= 0.6 is 0 Å². The Hall–Kier alpha value is -1.86. The van der Waals surface area contributed by atoms with Gasteiger partial charge in [-0.25, -0.2) is 4.79 Å². The molecule has 2 heterocycles. The van der Waals surface area contributed by atoms with Gasteiger partial charge in [-0.15, -0.1) is 0 Å². The molecule has 1 aliphatic rings. The van der Waals surface area contributed by atoms with Crippen molar-refractivity contribution >= 4 is 11.9 Å². The molecule has 7 heteroatoms. The Balaban J connectivity index is 1.96. The largest absolute Gasteiger partial charge is 0.462 e. The van der Waals surface area contributed by atoms with Gasteiger partial charge < -0.3 is 19.8 Å². The molecular formula is C19H31N3O4. The van der Waals surface area contributed by atoms with Gasteiger partial charge in [0.25, 0.3) is 5.91 Å². The van der Waals surface area contributed by atoms with Crippen LogP contribution in [-0.2, 0) is 9.47 Å². The number of H-pyrrole nitrogens is 1. The molecule has 1 amide bonds. The van der Waals surface area contributed by atoms with Crippen molar-refractivity contribution in [3.8, 4) is 0 Å². The number of amides is 1. The Labute approximate surface area is 155 Å². The first-order valence-corrected chi connectivity index (χ1v) is 9.31. The maximum absolute atomic E-state index is 12.5. The van der Waals surface area contributed by atoms with Gasteiger partial charge in [0.15, 0.2) is 0 Å². The minimum atomic E-state index is -0.405. The number of hydrogen-bond donors (Lipinski definition) is 2. The van der Waals surface area contributed by atoms with Gasteiger partial charge in [0, 0.05) is 31.9 Å². The van der Waals surface area contributed by atoms with E-state index in [2.05, 4.69) is 29.0 Å². The summed E-state index contributed by atoms with van der Waals surface area (Å²) in [5.41, 5.74) is 2.10. The first-order valence-electron chi connectivity index (χ1n) is 9.31. The number of carbonyl (C=O) groups excluding carboxylic acids is 2. The van der Waals surface area contributed by atoms with Crippen molar-refractivity contribution in [1.82, 2.24) is 15.2 Å². The van der Waals surface area contributed by atoms with E-state index in [1.54, 1.807) is 20.8 Å². The smallest absolute Gasteiger partial charge is 0.340 e. The summed E-state index contributed by atoms with van der Waals surface area (Å²) < 4.78 is 10.8. The summed E-state index contributed by atoms with van der Waals surface area (Å²) >= 11 is 0. The standard InChI is InChI=1S/C19H31N3O4/c1-6-25-19(24)16-13(4)17(21-14(16)5)18(23)20-9-15-11-22(7-8-26-15)10-12(2)3/h12,15,21H,6-11H2,1-5H3,(H,20,23). The van der Waals surface area contributed by atoms with Gasteiger partial charge in [-0.1, -0.05) is 13.8 Å². The molecule has 2 N–H and O–H groups in total. The quantitative estimate of drug-likeness (QED) is 0.721. The van der Waals surface area contributed by atoms with Crippen LogP contribution < -0.4 is 5.32 Å². The highest BCUT2D eigenvalue weighted by atomic mass is 16.5. The van der Waals surface area contributed by atoms with E-state index < -0.39 is 5.97 Å². The third-order valence-corrected chi connectivity index (χ3v) is 4.48. The number of carbonyl (C=O) groups is 2. The van der Waals surface area contributed by atoms with Crippen molar-refractivity contribution in [3.63, 3.8) is 0 Å². The van der Waals surface area contributed by atoms with Crippen LogP contribution in [0.25, 0.3) is 0 Å². The Morgan fingerprint density at radius 3 is 2.77 bits per heavy atom. The molecule has 1 fully saturated rings. The SMILES string of the molecule is CCOC(=O)c1c(C)[nH]c(C(=O)NCC2CN(CC(C)C)CCO2)c1C. The molecule has 1 aromatic rings. The van der Waals surface area contributed by atoms with Crippen molar-refractivity contribution in [2.75, 3.05) is 39.4 Å². The van der Waals surface area contributed by atoms with Gasteiger partial charge in [-0.05, 0) is 32.3 Å². The van der Waals surface area contributed by atoms with Crippen LogP contribution in [0.3, 0.4) is 0 Å². The minimum absolute atomic E-state index is 0.0210. The molecule has 1 atom stereocenters. The summed E-state index contributed by atoms with van der Waals surface area (Å²) in [6, 6.07) is 0. The monoisotopic (exact) mass is 365 g/mol. The van der Waals surface area contributed by atoms with E-state index in [9.17, 15) is 9.59 Å². The number of hydrogen-bond acceptors (Lipinski definition) is 5. The number of nitrogens with one attached hydrogen (secondary N) is 2. The summed E-state index contributed by atoms with van der Waals surface area (Å²) in [4.78, 5) is 30.0.